The van der Waals surface area contributed by atoms with Gasteiger partial charge in [-0.2, -0.15) is 0 Å². The van der Waals surface area contributed by atoms with Crippen LogP contribution in [0.25, 0.3) is 0 Å². The van der Waals surface area contributed by atoms with Gasteiger partial charge in [0, 0.05) is 46.6 Å². The smallest absolute Gasteiger partial charge is 0.407 e. The predicted molar refractivity (Wildman–Crippen MR) is 125 cm³/mol. The average Bonchev–Trinajstić information content (AvgIpc) is 3.18. The van der Waals surface area contributed by atoms with Crippen LogP contribution in [-0.4, -0.2) is 64.4 Å². The molecule has 170 valence electrons. The number of likely N-dealkylation sites (tertiary alicyclic amines) is 1. The van der Waals surface area contributed by atoms with E-state index in [0.29, 0.717) is 13.3 Å². The molecule has 8 heteroatoms. The maximum atomic E-state index is 11.9. The lowest BCUT2D eigenvalue weighted by molar-refractivity contribution is 0.0831. The Hall–Kier alpha value is -2.16. The number of carbonyl (C=O) groups is 1. The van der Waals surface area contributed by atoms with E-state index in [0.717, 1.165) is 50.8 Å². The molecule has 1 amide bonds. The highest BCUT2D eigenvalue weighted by atomic mass is 28.3. The van der Waals surface area contributed by atoms with E-state index in [1.807, 2.05) is 16.8 Å². The van der Waals surface area contributed by atoms with Crippen LogP contribution in [0.5, 0.6) is 0 Å². The number of carboxylic acid groups (broad SMARTS) is 1. The van der Waals surface area contributed by atoms with E-state index < -0.39 is 14.2 Å². The normalized spacial score (nSPS) is 15.8. The molecular formula is C23H36N4O3Si. The zero-order valence-electron chi connectivity index (χ0n) is 19.0. The molecule has 31 heavy (non-hydrogen) atoms. The monoisotopic (exact) mass is 444 g/mol. The molecule has 0 radical (unpaired) electrons. The summed E-state index contributed by atoms with van der Waals surface area (Å²) in [4.78, 5) is 20.3. The molecule has 1 N–H and O–H groups in total. The Morgan fingerprint density at radius 2 is 1.94 bits per heavy atom. The molecule has 7 nitrogen and oxygen atoms in total. The highest BCUT2D eigenvalue weighted by Crippen LogP contribution is 2.20. The van der Waals surface area contributed by atoms with Crippen LogP contribution in [-0.2, 0) is 24.6 Å². The molecule has 1 aromatic heterocycles. The molecule has 3 rings (SSSR count). The summed E-state index contributed by atoms with van der Waals surface area (Å²) in [6, 6.07) is 11.6. The topological polar surface area (TPSA) is 70.8 Å². The minimum Gasteiger partial charge on any atom is -0.465 e. The van der Waals surface area contributed by atoms with Gasteiger partial charge in [0.15, 0.2) is 0 Å². The van der Waals surface area contributed by atoms with Crippen LogP contribution in [0, 0.1) is 0 Å². The van der Waals surface area contributed by atoms with Crippen LogP contribution in [0.4, 0.5) is 4.79 Å². The predicted octanol–water partition coefficient (Wildman–Crippen LogP) is 4.34. The molecule has 2 heterocycles. The van der Waals surface area contributed by atoms with Gasteiger partial charge in [0.1, 0.15) is 6.73 Å². The zero-order valence-corrected chi connectivity index (χ0v) is 20.0. The average molecular weight is 445 g/mol. The Bertz CT molecular complexity index is 814. The van der Waals surface area contributed by atoms with Crippen molar-refractivity contribution in [2.75, 3.05) is 19.7 Å². The fourth-order valence-corrected chi connectivity index (χ4v) is 4.62. The minimum absolute atomic E-state index is 0.0302. The van der Waals surface area contributed by atoms with Crippen LogP contribution in [0.3, 0.4) is 0 Å². The molecule has 0 aliphatic carbocycles. The summed E-state index contributed by atoms with van der Waals surface area (Å²) in [5.41, 5.74) is 2.07. The Balaban J connectivity index is 1.47. The molecule has 0 saturated carbocycles. The Morgan fingerprint density at radius 1 is 1.23 bits per heavy atom. The van der Waals surface area contributed by atoms with Crippen molar-refractivity contribution in [1.82, 2.24) is 19.4 Å². The lowest BCUT2D eigenvalue weighted by atomic mass is 10.0. The number of hydrogen-bond acceptors (Lipinski definition) is 4. The van der Waals surface area contributed by atoms with Crippen molar-refractivity contribution in [3.05, 3.63) is 54.1 Å². The summed E-state index contributed by atoms with van der Waals surface area (Å²) in [5.74, 6) is 0. The van der Waals surface area contributed by atoms with Gasteiger partial charge in [0.2, 0.25) is 0 Å². The maximum Gasteiger partial charge on any atom is 0.407 e. The number of piperidine rings is 1. The molecule has 0 unspecified atom stereocenters. The van der Waals surface area contributed by atoms with Gasteiger partial charge in [-0.05, 0) is 24.4 Å². The van der Waals surface area contributed by atoms with Gasteiger partial charge in [0.05, 0.1) is 18.6 Å². The first-order valence-corrected chi connectivity index (χ1v) is 14.8. The summed E-state index contributed by atoms with van der Waals surface area (Å²) >= 11 is 0. The van der Waals surface area contributed by atoms with E-state index in [4.69, 9.17) is 4.74 Å². The van der Waals surface area contributed by atoms with Crippen LogP contribution in [0.1, 0.15) is 24.1 Å². The Labute approximate surface area is 186 Å². The van der Waals surface area contributed by atoms with Gasteiger partial charge in [-0.1, -0.05) is 50.0 Å². The van der Waals surface area contributed by atoms with E-state index in [2.05, 4.69) is 53.8 Å². The van der Waals surface area contributed by atoms with Crippen LogP contribution in [0.15, 0.2) is 42.9 Å². The molecule has 0 spiro atoms. The second kappa shape index (κ2) is 10.9. The number of hydrogen-bond donors (Lipinski definition) is 1. The fraction of sp³-hybridized carbons (Fsp3) is 0.565. The third kappa shape index (κ3) is 7.79. The highest BCUT2D eigenvalue weighted by molar-refractivity contribution is 6.76. The molecule has 1 saturated heterocycles. The number of rotatable bonds is 10. The van der Waals surface area contributed by atoms with Crippen molar-refractivity contribution >= 4 is 14.2 Å². The minimum atomic E-state index is -1.10. The quantitative estimate of drug-likeness (QED) is 0.436. The second-order valence-corrected chi connectivity index (χ2v) is 15.3. The molecular weight excluding hydrogens is 408 g/mol. The van der Waals surface area contributed by atoms with Crippen molar-refractivity contribution in [2.24, 2.45) is 0 Å². The van der Waals surface area contributed by atoms with E-state index in [1.54, 1.807) is 11.2 Å². The summed E-state index contributed by atoms with van der Waals surface area (Å²) in [7, 11) is -1.10. The van der Waals surface area contributed by atoms with Crippen molar-refractivity contribution < 1.29 is 14.6 Å². The number of imidazole rings is 1. The number of ether oxygens (including phenoxy) is 1. The van der Waals surface area contributed by atoms with Crippen molar-refractivity contribution in [1.29, 1.82) is 0 Å². The Morgan fingerprint density at radius 3 is 2.58 bits per heavy atom. The zero-order chi connectivity index (χ0) is 22.3. The molecule has 2 aromatic rings. The van der Waals surface area contributed by atoms with Crippen molar-refractivity contribution in [3.8, 4) is 0 Å². The summed E-state index contributed by atoms with van der Waals surface area (Å²) in [6.07, 6.45) is 4.45. The van der Waals surface area contributed by atoms with Gasteiger partial charge in [-0.25, -0.2) is 9.78 Å². The van der Waals surface area contributed by atoms with Crippen molar-refractivity contribution in [3.63, 3.8) is 0 Å². The standard InChI is InChI=1S/C23H36N4O3Si/c1-31(2,3)14-13-30-19-26-16-21(24-18-26)17-27(23(28)29)22-9-11-25(12-10-22)15-20-7-5-4-6-8-20/h4-8,16,18,22H,9-15,17,19H2,1-3H3,(H,28,29). The van der Waals surface area contributed by atoms with Gasteiger partial charge in [-0.15, -0.1) is 0 Å². The van der Waals surface area contributed by atoms with E-state index in [1.165, 1.54) is 5.56 Å². The largest absolute Gasteiger partial charge is 0.465 e. The molecule has 1 aromatic carbocycles. The summed E-state index contributed by atoms with van der Waals surface area (Å²) in [6.45, 7) is 11.3. The van der Waals surface area contributed by atoms with Gasteiger partial charge in [-0.3, -0.25) is 9.80 Å². The maximum absolute atomic E-state index is 11.9. The molecule has 1 fully saturated rings. The molecule has 1 aliphatic heterocycles. The fourth-order valence-electron chi connectivity index (χ4n) is 3.87. The van der Waals surface area contributed by atoms with Crippen LogP contribution in [0.2, 0.25) is 25.7 Å². The lowest BCUT2D eigenvalue weighted by Crippen LogP contribution is -2.46. The molecule has 0 bridgehead atoms. The number of aromatic nitrogens is 2. The van der Waals surface area contributed by atoms with Gasteiger partial charge < -0.3 is 14.4 Å². The number of benzene rings is 1. The molecule has 1 aliphatic rings. The van der Waals surface area contributed by atoms with E-state index in [-0.39, 0.29) is 6.04 Å². The first-order chi connectivity index (χ1) is 14.8. The van der Waals surface area contributed by atoms with Gasteiger partial charge >= 0.3 is 6.09 Å². The highest BCUT2D eigenvalue weighted by Gasteiger charge is 2.28. The second-order valence-electron chi connectivity index (χ2n) is 9.63. The summed E-state index contributed by atoms with van der Waals surface area (Å²) in [5, 5.41) is 9.80. The summed E-state index contributed by atoms with van der Waals surface area (Å²) < 4.78 is 7.65. The third-order valence-electron chi connectivity index (χ3n) is 5.75. The Kier molecular flexibility index (Phi) is 8.28. The number of nitrogens with zero attached hydrogens (tertiary/aromatic N) is 4. The van der Waals surface area contributed by atoms with E-state index >= 15 is 0 Å². The first kappa shape index (κ1) is 23.5. The van der Waals surface area contributed by atoms with Crippen molar-refractivity contribution in [2.45, 2.75) is 64.4 Å². The SMILES string of the molecule is C[Si](C)(C)CCOCn1cnc(CN(C(=O)O)C2CCN(Cc3ccccc3)CC2)c1. The van der Waals surface area contributed by atoms with E-state index in [9.17, 15) is 9.90 Å². The first-order valence-electron chi connectivity index (χ1n) is 11.1. The van der Waals surface area contributed by atoms with Crippen LogP contribution < -0.4 is 0 Å². The van der Waals surface area contributed by atoms with Gasteiger partial charge in [0.25, 0.3) is 0 Å². The van der Waals surface area contributed by atoms with Crippen LogP contribution >= 0.6 is 0 Å². The lowest BCUT2D eigenvalue weighted by Gasteiger charge is -2.37. The number of amides is 1. The third-order valence-corrected chi connectivity index (χ3v) is 7.45. The molecule has 0 atom stereocenters.